The Bertz CT molecular complexity index is 1070. The Balaban J connectivity index is 1.59. The number of allylic oxidation sites excluding steroid dienone is 1. The summed E-state index contributed by atoms with van der Waals surface area (Å²) in [7, 11) is 0. The Labute approximate surface area is 168 Å². The molecule has 0 unspecified atom stereocenters. The van der Waals surface area contributed by atoms with Crippen molar-refractivity contribution in [1.29, 1.82) is 0 Å². The number of benzene rings is 2. The standard InChI is InChI=1S/C22H24N4OS/c1-3-4-20(28-2)14-7-9-16(23)18(11-14)26-22(27)15-8-10-17-19(12-15)25-21(24-17)13-5-6-13/h4,7-13H,3,5-6,23H2,1-2H3,(H,24,25)(H,26,27)/b20-4-. The molecule has 0 radical (unpaired) electrons. The molecule has 3 aromatic rings. The van der Waals surface area contributed by atoms with Crippen LogP contribution in [0.4, 0.5) is 11.4 Å². The molecule has 1 aliphatic rings. The number of hydrogen-bond donors (Lipinski definition) is 3. The third-order valence-electron chi connectivity index (χ3n) is 4.92. The molecule has 1 aliphatic carbocycles. The third kappa shape index (κ3) is 3.78. The number of amides is 1. The van der Waals surface area contributed by atoms with Crippen LogP contribution in [0, 0.1) is 0 Å². The minimum atomic E-state index is -0.182. The predicted octanol–water partition coefficient (Wildman–Crippen LogP) is 5.39. The van der Waals surface area contributed by atoms with Crippen molar-refractivity contribution in [3.63, 3.8) is 0 Å². The summed E-state index contributed by atoms with van der Waals surface area (Å²) in [5.74, 6) is 1.39. The van der Waals surface area contributed by atoms with Gasteiger partial charge in [0.2, 0.25) is 0 Å². The van der Waals surface area contributed by atoms with Crippen LogP contribution in [-0.4, -0.2) is 22.1 Å². The normalized spacial score (nSPS) is 14.4. The number of nitrogen functional groups attached to an aromatic ring is 1. The molecule has 2 aromatic carbocycles. The predicted molar refractivity (Wildman–Crippen MR) is 119 cm³/mol. The SMILES string of the molecule is CC/C=C(\SC)c1ccc(N)c(NC(=O)c2ccc3nc(C4CC4)[nH]c3c2)c1. The molecular weight excluding hydrogens is 368 g/mol. The molecular formula is C22H24N4OS. The first kappa shape index (κ1) is 18.6. The maximum atomic E-state index is 12.8. The smallest absolute Gasteiger partial charge is 0.255 e. The number of rotatable bonds is 6. The van der Waals surface area contributed by atoms with Crippen LogP contribution >= 0.6 is 11.8 Å². The van der Waals surface area contributed by atoms with Crippen molar-refractivity contribution >= 4 is 45.0 Å². The van der Waals surface area contributed by atoms with Gasteiger partial charge in [-0.3, -0.25) is 4.79 Å². The average molecular weight is 393 g/mol. The molecule has 0 bridgehead atoms. The summed E-state index contributed by atoms with van der Waals surface area (Å²) < 4.78 is 0. The Morgan fingerprint density at radius 2 is 2.07 bits per heavy atom. The van der Waals surface area contributed by atoms with E-state index in [0.717, 1.165) is 28.8 Å². The van der Waals surface area contributed by atoms with E-state index < -0.39 is 0 Å². The van der Waals surface area contributed by atoms with Crippen LogP contribution in [0.2, 0.25) is 0 Å². The highest BCUT2D eigenvalue weighted by Gasteiger charge is 2.26. The summed E-state index contributed by atoms with van der Waals surface area (Å²) in [6, 6.07) is 11.3. The van der Waals surface area contributed by atoms with Gasteiger partial charge in [-0.05, 0) is 61.4 Å². The van der Waals surface area contributed by atoms with Gasteiger partial charge in [0.25, 0.3) is 5.91 Å². The molecule has 0 saturated heterocycles. The average Bonchev–Trinajstić information content (AvgIpc) is 3.46. The van der Waals surface area contributed by atoms with Gasteiger partial charge in [-0.15, -0.1) is 11.8 Å². The highest BCUT2D eigenvalue weighted by molar-refractivity contribution is 8.07. The Morgan fingerprint density at radius 1 is 1.29 bits per heavy atom. The molecule has 1 amide bonds. The summed E-state index contributed by atoms with van der Waals surface area (Å²) >= 11 is 1.69. The van der Waals surface area contributed by atoms with Gasteiger partial charge in [-0.25, -0.2) is 4.98 Å². The Kier molecular flexibility index (Phi) is 5.13. The van der Waals surface area contributed by atoms with Crippen molar-refractivity contribution in [3.05, 3.63) is 59.4 Å². The van der Waals surface area contributed by atoms with E-state index in [4.69, 9.17) is 5.73 Å². The fraction of sp³-hybridized carbons (Fsp3) is 0.273. The molecule has 4 N–H and O–H groups in total. The summed E-state index contributed by atoms with van der Waals surface area (Å²) in [6.07, 6.45) is 7.55. The van der Waals surface area contributed by atoms with Crippen molar-refractivity contribution in [2.45, 2.75) is 32.1 Å². The fourth-order valence-corrected chi connectivity index (χ4v) is 3.93. The molecule has 6 heteroatoms. The first-order valence-electron chi connectivity index (χ1n) is 9.54. The lowest BCUT2D eigenvalue weighted by molar-refractivity contribution is 0.102. The van der Waals surface area contributed by atoms with Gasteiger partial charge in [0.1, 0.15) is 5.82 Å². The van der Waals surface area contributed by atoms with E-state index in [1.165, 1.54) is 17.7 Å². The number of thioether (sulfide) groups is 1. The van der Waals surface area contributed by atoms with Crippen LogP contribution < -0.4 is 11.1 Å². The Morgan fingerprint density at radius 3 is 2.79 bits per heavy atom. The topological polar surface area (TPSA) is 83.8 Å². The maximum absolute atomic E-state index is 12.8. The summed E-state index contributed by atoms with van der Waals surface area (Å²) in [5, 5.41) is 2.96. The van der Waals surface area contributed by atoms with Crippen molar-refractivity contribution in [2.24, 2.45) is 0 Å². The number of carbonyl (C=O) groups is 1. The van der Waals surface area contributed by atoms with Crippen molar-refractivity contribution < 1.29 is 4.79 Å². The molecule has 0 atom stereocenters. The lowest BCUT2D eigenvalue weighted by Gasteiger charge is -2.12. The molecule has 0 spiro atoms. The van der Waals surface area contributed by atoms with E-state index in [0.29, 0.717) is 22.9 Å². The van der Waals surface area contributed by atoms with Gasteiger partial charge in [0.15, 0.2) is 0 Å². The van der Waals surface area contributed by atoms with Crippen LogP contribution in [-0.2, 0) is 0 Å². The molecule has 4 rings (SSSR count). The minimum Gasteiger partial charge on any atom is -0.397 e. The second-order valence-corrected chi connectivity index (χ2v) is 7.91. The molecule has 1 aromatic heterocycles. The van der Waals surface area contributed by atoms with Gasteiger partial charge in [-0.2, -0.15) is 0 Å². The van der Waals surface area contributed by atoms with E-state index in [-0.39, 0.29) is 5.91 Å². The molecule has 1 fully saturated rings. The van der Waals surface area contributed by atoms with Crippen LogP contribution in [0.15, 0.2) is 42.5 Å². The highest BCUT2D eigenvalue weighted by atomic mass is 32.2. The summed E-state index contributed by atoms with van der Waals surface area (Å²) in [4.78, 5) is 22.0. The van der Waals surface area contributed by atoms with E-state index in [1.807, 2.05) is 36.6 Å². The third-order valence-corrected chi connectivity index (χ3v) is 5.76. The number of aromatic amines is 1. The van der Waals surface area contributed by atoms with Crippen LogP contribution in [0.5, 0.6) is 0 Å². The molecule has 5 nitrogen and oxygen atoms in total. The fourth-order valence-electron chi connectivity index (χ4n) is 3.24. The number of fused-ring (bicyclic) bond motifs is 1. The number of anilines is 2. The van der Waals surface area contributed by atoms with Crippen LogP contribution in [0.3, 0.4) is 0 Å². The van der Waals surface area contributed by atoms with Crippen molar-refractivity contribution in [1.82, 2.24) is 9.97 Å². The summed E-state index contributed by atoms with van der Waals surface area (Å²) in [5.41, 5.74) is 10.7. The van der Waals surface area contributed by atoms with E-state index in [2.05, 4.69) is 28.3 Å². The second kappa shape index (κ2) is 7.72. The number of carbonyl (C=O) groups excluding carboxylic acids is 1. The molecule has 0 aliphatic heterocycles. The zero-order valence-corrected chi connectivity index (χ0v) is 16.9. The zero-order valence-electron chi connectivity index (χ0n) is 16.1. The maximum Gasteiger partial charge on any atom is 0.255 e. The van der Waals surface area contributed by atoms with Gasteiger partial charge in [-0.1, -0.05) is 19.1 Å². The van der Waals surface area contributed by atoms with Crippen LogP contribution in [0.25, 0.3) is 15.9 Å². The van der Waals surface area contributed by atoms with Gasteiger partial charge in [0, 0.05) is 16.4 Å². The van der Waals surface area contributed by atoms with Gasteiger partial charge >= 0.3 is 0 Å². The highest BCUT2D eigenvalue weighted by Crippen LogP contribution is 2.39. The first-order chi connectivity index (χ1) is 13.6. The first-order valence-corrected chi connectivity index (χ1v) is 10.8. The molecule has 1 saturated carbocycles. The van der Waals surface area contributed by atoms with E-state index >= 15 is 0 Å². The Hall–Kier alpha value is -2.73. The number of aromatic nitrogens is 2. The minimum absolute atomic E-state index is 0.182. The number of hydrogen-bond acceptors (Lipinski definition) is 4. The van der Waals surface area contributed by atoms with E-state index in [1.54, 1.807) is 17.8 Å². The number of nitrogens with zero attached hydrogens (tertiary/aromatic N) is 1. The molecule has 144 valence electrons. The molecule has 1 heterocycles. The number of nitrogens with two attached hydrogens (primary N) is 1. The second-order valence-electron chi connectivity index (χ2n) is 7.07. The van der Waals surface area contributed by atoms with Gasteiger partial charge in [0.05, 0.1) is 22.4 Å². The lowest BCUT2D eigenvalue weighted by atomic mass is 10.1. The number of imidazole rings is 1. The summed E-state index contributed by atoms with van der Waals surface area (Å²) in [6.45, 7) is 2.11. The largest absolute Gasteiger partial charge is 0.397 e. The van der Waals surface area contributed by atoms with Crippen molar-refractivity contribution in [2.75, 3.05) is 17.3 Å². The molecule has 28 heavy (non-hydrogen) atoms. The number of H-pyrrole nitrogens is 1. The van der Waals surface area contributed by atoms with Crippen molar-refractivity contribution in [3.8, 4) is 0 Å². The van der Waals surface area contributed by atoms with Gasteiger partial charge < -0.3 is 16.0 Å². The monoisotopic (exact) mass is 392 g/mol. The zero-order chi connectivity index (χ0) is 19.7. The lowest BCUT2D eigenvalue weighted by Crippen LogP contribution is -2.13. The number of nitrogens with one attached hydrogen (secondary N) is 2. The quantitative estimate of drug-likeness (QED) is 0.491. The van der Waals surface area contributed by atoms with E-state index in [9.17, 15) is 4.79 Å². The van der Waals surface area contributed by atoms with Crippen LogP contribution in [0.1, 0.15) is 53.8 Å².